The molecule has 1 aliphatic rings. The van der Waals surface area contributed by atoms with E-state index in [1.165, 1.54) is 0 Å². The van der Waals surface area contributed by atoms with Gasteiger partial charge in [0.25, 0.3) is 5.56 Å². The van der Waals surface area contributed by atoms with Gasteiger partial charge in [-0.05, 0) is 24.6 Å². The number of fused-ring (bicyclic) bond motifs is 1. The van der Waals surface area contributed by atoms with Crippen molar-refractivity contribution in [2.75, 3.05) is 33.2 Å². The predicted molar refractivity (Wildman–Crippen MR) is 77.3 cm³/mol. The second-order valence-electron chi connectivity index (χ2n) is 5.29. The third-order valence-electron chi connectivity index (χ3n) is 3.80. The first kappa shape index (κ1) is 12.4. The molecule has 0 radical (unpaired) electrons. The summed E-state index contributed by atoms with van der Waals surface area (Å²) in [4.78, 5) is 19.7. The van der Waals surface area contributed by atoms with Crippen molar-refractivity contribution < 1.29 is 0 Å². The Bertz CT molecular complexity index is 627. The number of H-pyrrole nitrogens is 1. The minimum Gasteiger partial charge on any atom is -0.324 e. The van der Waals surface area contributed by atoms with Crippen LogP contribution < -0.4 is 5.56 Å². The number of likely N-dealkylation sites (N-methyl/N-ethyl adjacent to an activating group) is 1. The van der Waals surface area contributed by atoms with E-state index in [0.717, 1.165) is 49.2 Å². The maximum atomic E-state index is 12.0. The summed E-state index contributed by atoms with van der Waals surface area (Å²) >= 11 is 0. The number of piperazine rings is 1. The van der Waals surface area contributed by atoms with Crippen LogP contribution in [0, 0.1) is 0 Å². The third kappa shape index (κ3) is 2.69. The summed E-state index contributed by atoms with van der Waals surface area (Å²) < 4.78 is 0. The largest absolute Gasteiger partial charge is 0.324 e. The van der Waals surface area contributed by atoms with E-state index >= 15 is 0 Å². The highest BCUT2D eigenvalue weighted by Gasteiger charge is 2.14. The van der Waals surface area contributed by atoms with Gasteiger partial charge in [-0.15, -0.1) is 0 Å². The van der Waals surface area contributed by atoms with Crippen molar-refractivity contribution in [3.8, 4) is 0 Å². The minimum atomic E-state index is 0.0160. The molecule has 1 aromatic heterocycles. The first-order chi connectivity index (χ1) is 9.22. The van der Waals surface area contributed by atoms with E-state index in [2.05, 4.69) is 27.9 Å². The molecular weight excluding hydrogens is 238 g/mol. The molecule has 19 heavy (non-hydrogen) atoms. The summed E-state index contributed by atoms with van der Waals surface area (Å²) in [6.07, 6.45) is 0. The molecule has 3 rings (SSSR count). The number of benzene rings is 1. The minimum absolute atomic E-state index is 0.0160. The smallest absolute Gasteiger partial charge is 0.256 e. The lowest BCUT2D eigenvalue weighted by Crippen LogP contribution is -2.44. The highest BCUT2D eigenvalue weighted by molar-refractivity contribution is 5.81. The highest BCUT2D eigenvalue weighted by atomic mass is 16.1. The van der Waals surface area contributed by atoms with E-state index in [4.69, 9.17) is 0 Å². The molecule has 100 valence electrons. The molecule has 1 fully saturated rings. The summed E-state index contributed by atoms with van der Waals surface area (Å²) in [5, 5.41) is 1.79. The molecule has 0 unspecified atom stereocenters. The predicted octanol–water partition coefficient (Wildman–Crippen LogP) is 1.28. The number of aromatic amines is 1. The third-order valence-corrected chi connectivity index (χ3v) is 3.80. The van der Waals surface area contributed by atoms with Crippen LogP contribution in [0.4, 0.5) is 0 Å². The van der Waals surface area contributed by atoms with Crippen LogP contribution in [0.3, 0.4) is 0 Å². The Kier molecular flexibility index (Phi) is 3.36. The monoisotopic (exact) mass is 257 g/mol. The molecule has 0 spiro atoms. The van der Waals surface area contributed by atoms with Crippen LogP contribution in [0.5, 0.6) is 0 Å². The lowest BCUT2D eigenvalue weighted by atomic mass is 10.1. The fraction of sp³-hybridized carbons (Fsp3) is 0.400. The average Bonchev–Trinajstić information content (AvgIpc) is 2.42. The summed E-state index contributed by atoms with van der Waals surface area (Å²) in [6, 6.07) is 9.83. The van der Waals surface area contributed by atoms with E-state index in [9.17, 15) is 4.79 Å². The molecule has 1 saturated heterocycles. The standard InChI is InChI=1S/C15H19N3O/c1-17-6-8-18(9-7-17)11-13-10-12-4-2-3-5-14(12)15(19)16-13/h2-5,10H,6-9,11H2,1H3,(H,16,19). The van der Waals surface area contributed by atoms with Crippen LogP contribution in [0.15, 0.2) is 35.1 Å². The normalized spacial score (nSPS) is 17.9. The molecule has 2 heterocycles. The van der Waals surface area contributed by atoms with Crippen molar-refractivity contribution in [2.45, 2.75) is 6.54 Å². The molecule has 4 heteroatoms. The number of rotatable bonds is 2. The van der Waals surface area contributed by atoms with Crippen LogP contribution in [0.25, 0.3) is 10.8 Å². The fourth-order valence-corrected chi connectivity index (χ4v) is 2.60. The molecule has 1 aromatic carbocycles. The van der Waals surface area contributed by atoms with Gasteiger partial charge >= 0.3 is 0 Å². The van der Waals surface area contributed by atoms with Crippen molar-refractivity contribution in [1.82, 2.24) is 14.8 Å². The van der Waals surface area contributed by atoms with Crippen LogP contribution in [0.2, 0.25) is 0 Å². The molecule has 1 aliphatic heterocycles. The molecule has 0 atom stereocenters. The number of nitrogens with zero attached hydrogens (tertiary/aromatic N) is 2. The molecule has 4 nitrogen and oxygen atoms in total. The molecule has 0 amide bonds. The second kappa shape index (κ2) is 5.15. The van der Waals surface area contributed by atoms with E-state index in [0.29, 0.717) is 0 Å². The van der Waals surface area contributed by atoms with Crippen LogP contribution in [-0.4, -0.2) is 48.0 Å². The molecular formula is C15H19N3O. The van der Waals surface area contributed by atoms with Gasteiger partial charge in [0, 0.05) is 43.8 Å². The summed E-state index contributed by atoms with van der Waals surface area (Å²) in [6.45, 7) is 5.14. The summed E-state index contributed by atoms with van der Waals surface area (Å²) in [5.41, 5.74) is 1.02. The average molecular weight is 257 g/mol. The molecule has 2 aromatic rings. The zero-order chi connectivity index (χ0) is 13.2. The van der Waals surface area contributed by atoms with E-state index in [-0.39, 0.29) is 5.56 Å². The van der Waals surface area contributed by atoms with Crippen LogP contribution in [0.1, 0.15) is 5.69 Å². The second-order valence-corrected chi connectivity index (χ2v) is 5.29. The first-order valence-corrected chi connectivity index (χ1v) is 6.74. The van der Waals surface area contributed by atoms with Gasteiger partial charge in [0.1, 0.15) is 0 Å². The number of aromatic nitrogens is 1. The van der Waals surface area contributed by atoms with E-state index < -0.39 is 0 Å². The number of pyridine rings is 1. The van der Waals surface area contributed by atoms with Crippen LogP contribution >= 0.6 is 0 Å². The lowest BCUT2D eigenvalue weighted by molar-refractivity contribution is 0.147. The van der Waals surface area contributed by atoms with Gasteiger partial charge in [-0.3, -0.25) is 9.69 Å². The van der Waals surface area contributed by atoms with Gasteiger partial charge in [0.15, 0.2) is 0 Å². The van der Waals surface area contributed by atoms with Crippen molar-refractivity contribution in [2.24, 2.45) is 0 Å². The van der Waals surface area contributed by atoms with Crippen LogP contribution in [-0.2, 0) is 6.54 Å². The zero-order valence-corrected chi connectivity index (χ0v) is 11.2. The van der Waals surface area contributed by atoms with Crippen molar-refractivity contribution in [3.63, 3.8) is 0 Å². The van der Waals surface area contributed by atoms with Gasteiger partial charge in [-0.2, -0.15) is 0 Å². The van der Waals surface area contributed by atoms with Gasteiger partial charge in [0.05, 0.1) is 0 Å². The topological polar surface area (TPSA) is 39.3 Å². The number of hydrogen-bond acceptors (Lipinski definition) is 3. The van der Waals surface area contributed by atoms with Gasteiger partial charge in [-0.1, -0.05) is 18.2 Å². The highest BCUT2D eigenvalue weighted by Crippen LogP contribution is 2.12. The summed E-state index contributed by atoms with van der Waals surface area (Å²) in [7, 11) is 2.15. The first-order valence-electron chi connectivity index (χ1n) is 6.74. The Hall–Kier alpha value is -1.65. The Morgan fingerprint density at radius 3 is 2.68 bits per heavy atom. The maximum absolute atomic E-state index is 12.0. The fourth-order valence-electron chi connectivity index (χ4n) is 2.60. The Morgan fingerprint density at radius 2 is 1.89 bits per heavy atom. The SMILES string of the molecule is CN1CCN(Cc2cc3ccccc3c(=O)[nH]2)CC1. The van der Waals surface area contributed by atoms with Gasteiger partial charge in [-0.25, -0.2) is 0 Å². The van der Waals surface area contributed by atoms with Crippen molar-refractivity contribution >= 4 is 10.8 Å². The van der Waals surface area contributed by atoms with Gasteiger partial charge < -0.3 is 9.88 Å². The zero-order valence-electron chi connectivity index (χ0n) is 11.2. The molecule has 0 saturated carbocycles. The van der Waals surface area contributed by atoms with E-state index in [1.807, 2.05) is 24.3 Å². The Morgan fingerprint density at radius 1 is 1.16 bits per heavy atom. The molecule has 0 bridgehead atoms. The molecule has 1 N–H and O–H groups in total. The lowest BCUT2D eigenvalue weighted by Gasteiger charge is -2.32. The van der Waals surface area contributed by atoms with E-state index in [1.54, 1.807) is 0 Å². The van der Waals surface area contributed by atoms with Gasteiger partial charge in [0.2, 0.25) is 0 Å². The maximum Gasteiger partial charge on any atom is 0.256 e. The number of hydrogen-bond donors (Lipinski definition) is 1. The van der Waals surface area contributed by atoms with Crippen molar-refractivity contribution in [1.29, 1.82) is 0 Å². The Balaban J connectivity index is 1.83. The Labute approximate surface area is 112 Å². The van der Waals surface area contributed by atoms with Crippen molar-refractivity contribution in [3.05, 3.63) is 46.4 Å². The number of nitrogens with one attached hydrogen (secondary N) is 1. The summed E-state index contributed by atoms with van der Waals surface area (Å²) in [5.74, 6) is 0. The molecule has 0 aliphatic carbocycles. The quantitative estimate of drug-likeness (QED) is 0.881.